The molecule has 224 valence electrons. The van der Waals surface area contributed by atoms with Crippen LogP contribution in [0.1, 0.15) is 70.8 Å². The fourth-order valence-electron chi connectivity index (χ4n) is 4.45. The lowest BCUT2D eigenvalue weighted by Crippen LogP contribution is -2.31. The first kappa shape index (κ1) is 32.0. The molecular formula is C33H43FO7. The molecule has 1 aliphatic rings. The summed E-state index contributed by atoms with van der Waals surface area (Å²) < 4.78 is 41.8. The standard InChI is InChI=1S/C33H43FO7/c1-4-5-6-7-8-9-10-17-37-31-16-14-27(20-29(31)34)26-13-15-30(39-21-25-22-40-33(36)41-23-25)28(19-26)12-11-18-38-32(35)24(2)3/h13-16,19-20,25H,2,4-12,17-18,21-23H2,1,3H3. The molecule has 0 aliphatic carbocycles. The lowest BCUT2D eigenvalue weighted by Gasteiger charge is -2.22. The summed E-state index contributed by atoms with van der Waals surface area (Å²) in [6, 6.07) is 10.7. The Morgan fingerprint density at radius 3 is 2.24 bits per heavy atom. The van der Waals surface area contributed by atoms with E-state index < -0.39 is 17.9 Å². The summed E-state index contributed by atoms with van der Waals surface area (Å²) in [4.78, 5) is 22.9. The van der Waals surface area contributed by atoms with Crippen molar-refractivity contribution in [3.63, 3.8) is 0 Å². The molecule has 8 heteroatoms. The summed E-state index contributed by atoms with van der Waals surface area (Å²) >= 11 is 0. The average Bonchev–Trinajstić information content (AvgIpc) is 2.97. The largest absolute Gasteiger partial charge is 0.508 e. The van der Waals surface area contributed by atoms with Gasteiger partial charge in [-0.2, -0.15) is 0 Å². The van der Waals surface area contributed by atoms with Gasteiger partial charge < -0.3 is 23.7 Å². The lowest BCUT2D eigenvalue weighted by molar-refractivity contribution is -0.139. The molecule has 1 saturated heterocycles. The van der Waals surface area contributed by atoms with Gasteiger partial charge >= 0.3 is 12.1 Å². The van der Waals surface area contributed by atoms with Crippen LogP contribution in [0.25, 0.3) is 11.1 Å². The number of carbonyl (C=O) groups excluding carboxylic acids is 2. The van der Waals surface area contributed by atoms with Crippen molar-refractivity contribution in [1.29, 1.82) is 0 Å². The molecule has 3 rings (SSSR count). The van der Waals surface area contributed by atoms with Crippen LogP contribution in [0.15, 0.2) is 48.6 Å². The Morgan fingerprint density at radius 1 is 0.902 bits per heavy atom. The smallest absolute Gasteiger partial charge is 0.493 e. The van der Waals surface area contributed by atoms with E-state index in [-0.39, 0.29) is 31.5 Å². The molecule has 0 bridgehead atoms. The average molecular weight is 571 g/mol. The zero-order valence-corrected chi connectivity index (χ0v) is 24.4. The van der Waals surface area contributed by atoms with Gasteiger partial charge in [0.1, 0.15) is 19.0 Å². The third kappa shape index (κ3) is 11.1. The Balaban J connectivity index is 1.61. The lowest BCUT2D eigenvalue weighted by atomic mass is 9.99. The second-order valence-electron chi connectivity index (χ2n) is 10.5. The van der Waals surface area contributed by atoms with Crippen molar-refractivity contribution >= 4 is 12.1 Å². The van der Waals surface area contributed by atoms with Gasteiger partial charge in [-0.25, -0.2) is 14.0 Å². The van der Waals surface area contributed by atoms with E-state index in [1.807, 2.05) is 24.3 Å². The summed E-state index contributed by atoms with van der Waals surface area (Å²) in [6.45, 7) is 8.93. The van der Waals surface area contributed by atoms with Gasteiger partial charge in [-0.05, 0) is 67.1 Å². The first-order valence-corrected chi connectivity index (χ1v) is 14.7. The van der Waals surface area contributed by atoms with E-state index in [1.165, 1.54) is 38.2 Å². The van der Waals surface area contributed by atoms with Crippen molar-refractivity contribution in [2.75, 3.05) is 33.0 Å². The molecule has 1 aliphatic heterocycles. The molecule has 1 heterocycles. The van der Waals surface area contributed by atoms with Crippen LogP contribution in [0.5, 0.6) is 11.5 Å². The van der Waals surface area contributed by atoms with Crippen molar-refractivity contribution in [3.05, 3.63) is 59.9 Å². The normalized spacial score (nSPS) is 13.3. The molecule has 0 unspecified atom stereocenters. The fourth-order valence-corrected chi connectivity index (χ4v) is 4.45. The molecular weight excluding hydrogens is 527 g/mol. The van der Waals surface area contributed by atoms with E-state index >= 15 is 0 Å². The first-order valence-electron chi connectivity index (χ1n) is 14.7. The molecule has 2 aromatic carbocycles. The second kappa shape index (κ2) is 17.3. The highest BCUT2D eigenvalue weighted by molar-refractivity contribution is 5.86. The zero-order chi connectivity index (χ0) is 29.5. The van der Waals surface area contributed by atoms with Crippen LogP contribution in [0, 0.1) is 11.7 Å². The van der Waals surface area contributed by atoms with E-state index in [0.717, 1.165) is 29.5 Å². The first-order chi connectivity index (χ1) is 19.9. The molecule has 0 amide bonds. The zero-order valence-electron chi connectivity index (χ0n) is 24.4. The molecule has 1 fully saturated rings. The maximum Gasteiger partial charge on any atom is 0.508 e. The second-order valence-corrected chi connectivity index (χ2v) is 10.5. The molecule has 7 nitrogen and oxygen atoms in total. The molecule has 0 atom stereocenters. The Hall–Kier alpha value is -3.55. The van der Waals surface area contributed by atoms with Gasteiger partial charge in [-0.3, -0.25) is 0 Å². The number of carbonyl (C=O) groups is 2. The van der Waals surface area contributed by atoms with E-state index in [1.54, 1.807) is 13.0 Å². The van der Waals surface area contributed by atoms with Gasteiger partial charge in [0.2, 0.25) is 0 Å². The summed E-state index contributed by atoms with van der Waals surface area (Å²) in [5.41, 5.74) is 2.80. The minimum Gasteiger partial charge on any atom is -0.493 e. The number of cyclic esters (lactones) is 2. The van der Waals surface area contributed by atoms with Gasteiger partial charge in [0.25, 0.3) is 0 Å². The van der Waals surface area contributed by atoms with E-state index in [0.29, 0.717) is 37.4 Å². The molecule has 0 radical (unpaired) electrons. The predicted octanol–water partition coefficient (Wildman–Crippen LogP) is 7.84. The highest BCUT2D eigenvalue weighted by Gasteiger charge is 2.22. The highest BCUT2D eigenvalue weighted by Crippen LogP contribution is 2.31. The van der Waals surface area contributed by atoms with Gasteiger partial charge in [-0.15, -0.1) is 0 Å². The van der Waals surface area contributed by atoms with Crippen LogP contribution in [-0.4, -0.2) is 45.2 Å². The van der Waals surface area contributed by atoms with Crippen molar-refractivity contribution in [2.24, 2.45) is 5.92 Å². The number of ether oxygens (including phenoxy) is 5. The summed E-state index contributed by atoms with van der Waals surface area (Å²) in [5.74, 6) is 0.0128. The number of esters is 1. The third-order valence-corrected chi connectivity index (χ3v) is 6.85. The van der Waals surface area contributed by atoms with Crippen molar-refractivity contribution in [1.82, 2.24) is 0 Å². The Morgan fingerprint density at radius 2 is 1.56 bits per heavy atom. The Kier molecular flexibility index (Phi) is 13.5. The number of unbranched alkanes of at least 4 members (excludes halogenated alkanes) is 6. The highest BCUT2D eigenvalue weighted by atomic mass is 19.1. The van der Waals surface area contributed by atoms with Crippen LogP contribution in [0.2, 0.25) is 0 Å². The monoisotopic (exact) mass is 570 g/mol. The summed E-state index contributed by atoms with van der Waals surface area (Å²) in [7, 11) is 0. The Bertz CT molecular complexity index is 1140. The molecule has 41 heavy (non-hydrogen) atoms. The minimum absolute atomic E-state index is 0.0838. The summed E-state index contributed by atoms with van der Waals surface area (Å²) in [5, 5.41) is 0. The maximum atomic E-state index is 14.9. The summed E-state index contributed by atoms with van der Waals surface area (Å²) in [6.07, 6.45) is 8.70. The fraction of sp³-hybridized carbons (Fsp3) is 0.515. The van der Waals surface area contributed by atoms with Crippen LogP contribution in [0.4, 0.5) is 9.18 Å². The van der Waals surface area contributed by atoms with E-state index in [9.17, 15) is 14.0 Å². The number of hydrogen-bond acceptors (Lipinski definition) is 7. The van der Waals surface area contributed by atoms with E-state index in [4.69, 9.17) is 23.7 Å². The van der Waals surface area contributed by atoms with Gasteiger partial charge in [0.15, 0.2) is 11.6 Å². The molecule has 2 aromatic rings. The maximum absolute atomic E-state index is 14.9. The third-order valence-electron chi connectivity index (χ3n) is 6.85. The SMILES string of the molecule is C=C(C)C(=O)OCCCc1cc(-c2ccc(OCCCCCCCCC)c(F)c2)ccc1OCC1COC(=O)OC1. The van der Waals surface area contributed by atoms with Gasteiger partial charge in [-0.1, -0.05) is 64.2 Å². The van der Waals surface area contributed by atoms with Crippen molar-refractivity contribution in [2.45, 2.75) is 71.6 Å². The van der Waals surface area contributed by atoms with E-state index in [2.05, 4.69) is 13.5 Å². The number of halogens is 1. The molecule has 0 spiro atoms. The molecule has 0 N–H and O–H groups in total. The predicted molar refractivity (Wildman–Crippen MR) is 156 cm³/mol. The van der Waals surface area contributed by atoms with Crippen molar-refractivity contribution < 1.29 is 37.7 Å². The topological polar surface area (TPSA) is 80.3 Å². The van der Waals surface area contributed by atoms with Crippen LogP contribution >= 0.6 is 0 Å². The number of aryl methyl sites for hydroxylation is 1. The van der Waals surface area contributed by atoms with Crippen molar-refractivity contribution in [3.8, 4) is 22.6 Å². The van der Waals surface area contributed by atoms with Gasteiger partial charge in [0.05, 0.1) is 25.7 Å². The number of benzene rings is 2. The minimum atomic E-state index is -0.669. The van der Waals surface area contributed by atoms with Crippen LogP contribution in [-0.2, 0) is 25.4 Å². The molecule has 0 saturated carbocycles. The van der Waals surface area contributed by atoms with Gasteiger partial charge in [0, 0.05) is 5.57 Å². The number of hydrogen-bond donors (Lipinski definition) is 0. The van der Waals surface area contributed by atoms with Crippen LogP contribution in [0.3, 0.4) is 0 Å². The molecule has 0 aromatic heterocycles. The Labute approximate surface area is 243 Å². The number of rotatable bonds is 18. The van der Waals surface area contributed by atoms with Crippen LogP contribution < -0.4 is 9.47 Å². The quantitative estimate of drug-likeness (QED) is 0.103.